The van der Waals surface area contributed by atoms with Gasteiger partial charge in [-0.2, -0.15) is 0 Å². The maximum atomic E-state index is 12.5. The van der Waals surface area contributed by atoms with Crippen LogP contribution in [-0.2, 0) is 11.8 Å². The van der Waals surface area contributed by atoms with Gasteiger partial charge in [-0.1, -0.05) is 12.1 Å². The van der Waals surface area contributed by atoms with Crippen LogP contribution in [0.15, 0.2) is 41.5 Å². The number of benzene rings is 1. The average molecular weight is 282 g/mol. The largest absolute Gasteiger partial charge is 0.462 e. The number of carbonyl (C=O) groups is 1. The van der Waals surface area contributed by atoms with Gasteiger partial charge in [0.1, 0.15) is 5.56 Å². The van der Waals surface area contributed by atoms with Crippen LogP contribution in [0.3, 0.4) is 0 Å². The van der Waals surface area contributed by atoms with Crippen LogP contribution in [0.2, 0.25) is 0 Å². The molecule has 1 aromatic carbocycles. The molecule has 0 spiro atoms. The van der Waals surface area contributed by atoms with Crippen molar-refractivity contribution in [3.05, 3.63) is 52.4 Å². The van der Waals surface area contributed by atoms with E-state index in [1.54, 1.807) is 30.8 Å². The Labute approximate surface area is 120 Å². The fourth-order valence-corrected chi connectivity index (χ4v) is 2.49. The van der Waals surface area contributed by atoms with Gasteiger partial charge in [0.05, 0.1) is 17.6 Å². The number of esters is 1. The molecule has 0 aliphatic heterocycles. The second-order valence-electron chi connectivity index (χ2n) is 4.74. The van der Waals surface area contributed by atoms with Crippen molar-refractivity contribution in [1.82, 2.24) is 9.55 Å². The Kier molecular flexibility index (Phi) is 3.17. The Morgan fingerprint density at radius 2 is 2.14 bits per heavy atom. The molecule has 0 aliphatic rings. The molecule has 0 bridgehead atoms. The predicted octanol–water partition coefficient (Wildman–Crippen LogP) is 2.26. The van der Waals surface area contributed by atoms with E-state index in [1.807, 2.05) is 18.2 Å². The number of hydrogen-bond donors (Lipinski definition) is 0. The van der Waals surface area contributed by atoms with Crippen LogP contribution in [-0.4, -0.2) is 22.1 Å². The van der Waals surface area contributed by atoms with Gasteiger partial charge in [0.2, 0.25) is 5.43 Å². The summed E-state index contributed by atoms with van der Waals surface area (Å²) in [6.07, 6.45) is 3.20. The van der Waals surface area contributed by atoms with E-state index in [4.69, 9.17) is 4.74 Å². The van der Waals surface area contributed by atoms with Gasteiger partial charge < -0.3 is 9.30 Å². The Hall–Kier alpha value is -2.69. The fourth-order valence-electron chi connectivity index (χ4n) is 2.49. The molecule has 0 saturated heterocycles. The van der Waals surface area contributed by atoms with Crippen LogP contribution in [0.5, 0.6) is 0 Å². The highest BCUT2D eigenvalue weighted by atomic mass is 16.5. The number of aryl methyl sites for hydroxylation is 1. The Morgan fingerprint density at radius 1 is 1.33 bits per heavy atom. The van der Waals surface area contributed by atoms with Gasteiger partial charge in [0.25, 0.3) is 0 Å². The van der Waals surface area contributed by atoms with Crippen molar-refractivity contribution in [3.63, 3.8) is 0 Å². The highest BCUT2D eigenvalue weighted by molar-refractivity contribution is 6.04. The third kappa shape index (κ3) is 2.07. The Balaban J connectivity index is 2.40. The SMILES string of the molecule is CCOC(=O)c1cn(C)c2c(ccc3cccnc32)c1=O. The van der Waals surface area contributed by atoms with Gasteiger partial charge in [0.15, 0.2) is 0 Å². The minimum absolute atomic E-state index is 0.0436. The minimum atomic E-state index is -0.596. The topological polar surface area (TPSA) is 61.2 Å². The van der Waals surface area contributed by atoms with E-state index in [-0.39, 0.29) is 17.6 Å². The molecule has 2 heterocycles. The van der Waals surface area contributed by atoms with Crippen molar-refractivity contribution in [2.24, 2.45) is 7.05 Å². The van der Waals surface area contributed by atoms with Gasteiger partial charge in [-0.25, -0.2) is 4.79 Å². The monoisotopic (exact) mass is 282 g/mol. The second-order valence-corrected chi connectivity index (χ2v) is 4.74. The molecule has 5 nitrogen and oxygen atoms in total. The number of hydrogen-bond acceptors (Lipinski definition) is 4. The molecule has 0 radical (unpaired) electrons. The number of fused-ring (bicyclic) bond motifs is 3. The molecule has 0 aliphatic carbocycles. The third-order valence-corrected chi connectivity index (χ3v) is 3.41. The first-order valence-electron chi connectivity index (χ1n) is 6.67. The van der Waals surface area contributed by atoms with Crippen LogP contribution < -0.4 is 5.43 Å². The molecule has 106 valence electrons. The average Bonchev–Trinajstić information content (AvgIpc) is 2.50. The molecule has 3 aromatic rings. The maximum absolute atomic E-state index is 12.5. The van der Waals surface area contributed by atoms with Crippen molar-refractivity contribution in [1.29, 1.82) is 0 Å². The van der Waals surface area contributed by atoms with E-state index < -0.39 is 5.97 Å². The lowest BCUT2D eigenvalue weighted by atomic mass is 10.1. The molecular formula is C16H14N2O3. The summed E-state index contributed by atoms with van der Waals surface area (Å²) < 4.78 is 6.68. The minimum Gasteiger partial charge on any atom is -0.462 e. The van der Waals surface area contributed by atoms with E-state index >= 15 is 0 Å². The van der Waals surface area contributed by atoms with E-state index in [0.717, 1.165) is 10.9 Å². The van der Waals surface area contributed by atoms with Gasteiger partial charge in [-0.05, 0) is 19.1 Å². The first-order valence-corrected chi connectivity index (χ1v) is 6.67. The third-order valence-electron chi connectivity index (χ3n) is 3.41. The molecule has 3 rings (SSSR count). The molecule has 5 heteroatoms. The predicted molar refractivity (Wildman–Crippen MR) is 80.4 cm³/mol. The molecule has 0 fully saturated rings. The molecule has 0 unspecified atom stereocenters. The summed E-state index contributed by atoms with van der Waals surface area (Å²) in [6.45, 7) is 1.94. The van der Waals surface area contributed by atoms with Gasteiger partial charge >= 0.3 is 5.97 Å². The number of nitrogens with zero attached hydrogens (tertiary/aromatic N) is 2. The van der Waals surface area contributed by atoms with Gasteiger partial charge in [-0.3, -0.25) is 9.78 Å². The highest BCUT2D eigenvalue weighted by Gasteiger charge is 2.16. The molecule has 2 aromatic heterocycles. The molecule has 0 amide bonds. The zero-order valence-electron chi connectivity index (χ0n) is 11.8. The summed E-state index contributed by atoms with van der Waals surface area (Å²) in [5, 5.41) is 1.41. The standard InChI is InChI=1S/C16H14N2O3/c1-3-21-16(20)12-9-18(2)14-11(15(12)19)7-6-10-5-4-8-17-13(10)14/h4-9H,3H2,1-2H3. The molecule has 0 N–H and O–H groups in total. The molecular weight excluding hydrogens is 268 g/mol. The van der Waals surface area contributed by atoms with Crippen LogP contribution >= 0.6 is 0 Å². The van der Waals surface area contributed by atoms with Crippen molar-refractivity contribution in [2.45, 2.75) is 6.92 Å². The van der Waals surface area contributed by atoms with Crippen LogP contribution in [0.4, 0.5) is 0 Å². The summed E-state index contributed by atoms with van der Waals surface area (Å²) >= 11 is 0. The smallest absolute Gasteiger partial charge is 0.343 e. The van der Waals surface area contributed by atoms with E-state index in [0.29, 0.717) is 10.9 Å². The summed E-state index contributed by atoms with van der Waals surface area (Å²) in [6, 6.07) is 7.34. The number of carbonyl (C=O) groups excluding carboxylic acids is 1. The van der Waals surface area contributed by atoms with E-state index in [2.05, 4.69) is 4.98 Å². The van der Waals surface area contributed by atoms with Crippen molar-refractivity contribution < 1.29 is 9.53 Å². The quantitative estimate of drug-likeness (QED) is 0.534. The second kappa shape index (κ2) is 5.01. The summed E-state index contributed by atoms with van der Waals surface area (Å²) in [5.74, 6) is -0.596. The number of rotatable bonds is 2. The fraction of sp³-hybridized carbons (Fsp3) is 0.188. The van der Waals surface area contributed by atoms with Gasteiger partial charge in [-0.15, -0.1) is 0 Å². The molecule has 21 heavy (non-hydrogen) atoms. The first-order chi connectivity index (χ1) is 10.1. The van der Waals surface area contributed by atoms with Crippen molar-refractivity contribution in [2.75, 3.05) is 6.61 Å². The van der Waals surface area contributed by atoms with Crippen LogP contribution in [0.1, 0.15) is 17.3 Å². The van der Waals surface area contributed by atoms with Crippen LogP contribution in [0, 0.1) is 0 Å². The van der Waals surface area contributed by atoms with Crippen LogP contribution in [0.25, 0.3) is 21.8 Å². The number of aromatic nitrogens is 2. The Bertz CT molecular complexity index is 912. The zero-order valence-corrected chi connectivity index (χ0v) is 11.8. The van der Waals surface area contributed by atoms with E-state index in [1.165, 1.54) is 6.20 Å². The number of pyridine rings is 2. The van der Waals surface area contributed by atoms with Gasteiger partial charge in [0, 0.05) is 30.2 Å². The zero-order chi connectivity index (χ0) is 15.0. The van der Waals surface area contributed by atoms with E-state index in [9.17, 15) is 9.59 Å². The summed E-state index contributed by atoms with van der Waals surface area (Å²) in [7, 11) is 1.79. The number of ether oxygens (including phenoxy) is 1. The highest BCUT2D eigenvalue weighted by Crippen LogP contribution is 2.21. The van der Waals surface area contributed by atoms with Crippen molar-refractivity contribution >= 4 is 27.8 Å². The maximum Gasteiger partial charge on any atom is 0.343 e. The molecule has 0 saturated carbocycles. The summed E-state index contributed by atoms with van der Waals surface area (Å²) in [4.78, 5) is 28.7. The molecule has 0 atom stereocenters. The first kappa shape index (κ1) is 13.3. The van der Waals surface area contributed by atoms with Crippen molar-refractivity contribution in [3.8, 4) is 0 Å². The summed E-state index contributed by atoms with van der Waals surface area (Å²) in [5.41, 5.74) is 1.17. The Morgan fingerprint density at radius 3 is 2.90 bits per heavy atom. The lowest BCUT2D eigenvalue weighted by Crippen LogP contribution is -2.20. The normalized spacial score (nSPS) is 11.0. The lowest BCUT2D eigenvalue weighted by Gasteiger charge is -2.10. The lowest BCUT2D eigenvalue weighted by molar-refractivity contribution is 0.0524.